The minimum atomic E-state index is -4.09. The summed E-state index contributed by atoms with van der Waals surface area (Å²) in [6, 6.07) is 0. The summed E-state index contributed by atoms with van der Waals surface area (Å²) in [5.41, 5.74) is 0. The standard InChI is InChI=1S/3C4H10O3S.Bi/c3*1-4(2,3)8(5,6)7;/h3*1-3H3,(H,5,6,7);/q;;;+3/p-3. The average molecular weight is 621 g/mol. The van der Waals surface area contributed by atoms with Crippen LogP contribution < -0.4 is 0 Å². The van der Waals surface area contributed by atoms with Crippen molar-refractivity contribution in [2.75, 3.05) is 0 Å². The molecule has 25 heavy (non-hydrogen) atoms. The molecule has 0 aliphatic rings. The first-order chi connectivity index (χ1) is 9.75. The Labute approximate surface area is 171 Å². The van der Waals surface area contributed by atoms with E-state index in [0.717, 1.165) is 0 Å². The number of hydrogen-bond acceptors (Lipinski definition) is 9. The Morgan fingerprint density at radius 1 is 0.440 bits per heavy atom. The molecule has 0 rings (SSSR count). The van der Waals surface area contributed by atoms with Gasteiger partial charge in [-0.05, 0) is 62.3 Å². The molecule has 0 amide bonds. The van der Waals surface area contributed by atoms with Gasteiger partial charge in [-0.3, -0.25) is 0 Å². The van der Waals surface area contributed by atoms with Gasteiger partial charge in [0.2, 0.25) is 0 Å². The Hall–Kier alpha value is 0.613. The van der Waals surface area contributed by atoms with E-state index < -0.39 is 44.6 Å². The Bertz CT molecular complexity index is 587. The molecular weight excluding hydrogens is 593 g/mol. The molecule has 13 heteroatoms. The maximum absolute atomic E-state index is 10.1. The molecule has 0 saturated heterocycles. The fourth-order valence-corrected chi connectivity index (χ4v) is 0. The van der Waals surface area contributed by atoms with Crippen molar-refractivity contribution in [3.8, 4) is 0 Å². The van der Waals surface area contributed by atoms with Crippen molar-refractivity contribution in [2.45, 2.75) is 76.6 Å². The Balaban J connectivity index is -0.000000130. The number of hydrogen-bond donors (Lipinski definition) is 0. The quantitative estimate of drug-likeness (QED) is 0.278. The fraction of sp³-hybridized carbons (Fsp3) is 1.00. The molecule has 152 valence electrons. The van der Waals surface area contributed by atoms with Crippen molar-refractivity contribution < 1.29 is 38.9 Å². The molecule has 0 unspecified atom stereocenters. The zero-order valence-corrected chi connectivity index (χ0v) is 21.8. The second-order valence-electron chi connectivity index (χ2n) is 7.70. The van der Waals surface area contributed by atoms with Crippen LogP contribution in [0.5, 0.6) is 0 Å². The SMILES string of the molecule is CC(C)(C)S(=O)(=O)[O-].CC(C)(C)S(=O)(=O)[O-].CC(C)(C)S(=O)(=O)[O-].[Bi+3]. The van der Waals surface area contributed by atoms with Gasteiger partial charge < -0.3 is 13.7 Å². The van der Waals surface area contributed by atoms with E-state index in [1.165, 1.54) is 62.3 Å². The van der Waals surface area contributed by atoms with Crippen LogP contribution in [0, 0.1) is 0 Å². The predicted octanol–water partition coefficient (Wildman–Crippen LogP) is 0.610. The fourth-order valence-electron chi connectivity index (χ4n) is 0. The van der Waals surface area contributed by atoms with Crippen LogP contribution in [0.3, 0.4) is 0 Å². The molecule has 0 aromatic heterocycles. The maximum Gasteiger partial charge on any atom is 3.00 e. The summed E-state index contributed by atoms with van der Waals surface area (Å²) in [5, 5.41) is 0. The van der Waals surface area contributed by atoms with Crippen LogP contribution in [0.15, 0.2) is 0 Å². The van der Waals surface area contributed by atoms with Gasteiger partial charge in [0.05, 0.1) is 44.6 Å². The second-order valence-corrected chi connectivity index (χ2v) is 14.1. The molecule has 0 spiro atoms. The average Bonchev–Trinajstić information content (AvgIpc) is 2.08. The van der Waals surface area contributed by atoms with Crippen LogP contribution in [0.25, 0.3) is 0 Å². The third kappa shape index (κ3) is 16.5. The van der Waals surface area contributed by atoms with Gasteiger partial charge in [0, 0.05) is 0 Å². The van der Waals surface area contributed by atoms with Crippen LogP contribution in [0.4, 0.5) is 0 Å². The third-order valence-corrected chi connectivity index (χ3v) is 6.75. The van der Waals surface area contributed by atoms with Crippen molar-refractivity contribution >= 4 is 56.6 Å². The van der Waals surface area contributed by atoms with E-state index in [0.29, 0.717) is 0 Å². The predicted molar refractivity (Wildman–Crippen MR) is 94.1 cm³/mol. The first kappa shape index (κ1) is 33.2. The van der Waals surface area contributed by atoms with Crippen LogP contribution in [0.2, 0.25) is 0 Å². The maximum atomic E-state index is 10.1. The van der Waals surface area contributed by atoms with Crippen molar-refractivity contribution in [1.82, 2.24) is 0 Å². The summed E-state index contributed by atoms with van der Waals surface area (Å²) in [7, 11) is -12.3. The molecule has 0 aliphatic heterocycles. The molecule has 0 aromatic carbocycles. The molecule has 0 saturated carbocycles. The van der Waals surface area contributed by atoms with E-state index in [-0.39, 0.29) is 26.2 Å². The molecule has 0 aromatic rings. The first-order valence-corrected chi connectivity index (χ1v) is 10.8. The zero-order chi connectivity index (χ0) is 21.0. The van der Waals surface area contributed by atoms with Gasteiger partial charge in [0.15, 0.2) is 0 Å². The first-order valence-electron chi connectivity index (χ1n) is 6.61. The summed E-state index contributed by atoms with van der Waals surface area (Å²) in [6.45, 7) is 12.3. The smallest absolute Gasteiger partial charge is 0.748 e. The van der Waals surface area contributed by atoms with Crippen LogP contribution in [-0.4, -0.2) is 79.4 Å². The third-order valence-electron chi connectivity index (χ3n) is 2.25. The summed E-state index contributed by atoms with van der Waals surface area (Å²) in [4.78, 5) is 0. The van der Waals surface area contributed by atoms with Crippen molar-refractivity contribution in [3.05, 3.63) is 0 Å². The van der Waals surface area contributed by atoms with E-state index in [1.807, 2.05) is 0 Å². The van der Waals surface area contributed by atoms with Gasteiger partial charge in [0.1, 0.15) is 0 Å². The molecule has 0 bridgehead atoms. The summed E-state index contributed by atoms with van der Waals surface area (Å²) in [6.07, 6.45) is 0. The molecule has 0 fully saturated rings. The van der Waals surface area contributed by atoms with E-state index in [2.05, 4.69) is 0 Å². The molecule has 2 radical (unpaired) electrons. The van der Waals surface area contributed by atoms with Crippen molar-refractivity contribution in [2.24, 2.45) is 0 Å². The van der Waals surface area contributed by atoms with Gasteiger partial charge >= 0.3 is 26.2 Å². The van der Waals surface area contributed by atoms with E-state index >= 15 is 0 Å². The number of rotatable bonds is 0. The van der Waals surface area contributed by atoms with E-state index in [9.17, 15) is 38.9 Å². The van der Waals surface area contributed by atoms with Gasteiger partial charge in [-0.15, -0.1) is 0 Å². The van der Waals surface area contributed by atoms with Crippen molar-refractivity contribution in [1.29, 1.82) is 0 Å². The molecule has 9 nitrogen and oxygen atoms in total. The van der Waals surface area contributed by atoms with Gasteiger partial charge in [0.25, 0.3) is 0 Å². The Kier molecular flexibility index (Phi) is 13.6. The van der Waals surface area contributed by atoms with Crippen molar-refractivity contribution in [3.63, 3.8) is 0 Å². The van der Waals surface area contributed by atoms with E-state index in [4.69, 9.17) is 0 Å². The normalized spacial score (nSPS) is 13.4. The van der Waals surface area contributed by atoms with Gasteiger partial charge in [-0.25, -0.2) is 25.3 Å². The largest absolute Gasteiger partial charge is 3.00 e. The van der Waals surface area contributed by atoms with Crippen LogP contribution in [-0.2, 0) is 30.4 Å². The molecule has 0 aliphatic carbocycles. The zero-order valence-electron chi connectivity index (χ0n) is 15.8. The monoisotopic (exact) mass is 620 g/mol. The Morgan fingerprint density at radius 3 is 0.480 bits per heavy atom. The van der Waals surface area contributed by atoms with Gasteiger partial charge in [-0.2, -0.15) is 0 Å². The molecule has 0 atom stereocenters. The molecule has 0 N–H and O–H groups in total. The van der Waals surface area contributed by atoms with E-state index in [1.54, 1.807) is 0 Å². The van der Waals surface area contributed by atoms with Gasteiger partial charge in [-0.1, -0.05) is 0 Å². The molecule has 0 heterocycles. The second kappa shape index (κ2) is 10.2. The van der Waals surface area contributed by atoms with Crippen LogP contribution >= 0.6 is 0 Å². The minimum absolute atomic E-state index is 0. The summed E-state index contributed by atoms with van der Waals surface area (Å²) < 4.78 is 87.4. The topological polar surface area (TPSA) is 172 Å². The summed E-state index contributed by atoms with van der Waals surface area (Å²) in [5.74, 6) is 0. The van der Waals surface area contributed by atoms with Crippen LogP contribution in [0.1, 0.15) is 62.3 Å². The minimum Gasteiger partial charge on any atom is -0.748 e. The Morgan fingerprint density at radius 2 is 0.480 bits per heavy atom. The molecular formula is C12H27BiO9S3. The summed E-state index contributed by atoms with van der Waals surface area (Å²) >= 11 is 0.